The second kappa shape index (κ2) is 6.39. The van der Waals surface area contributed by atoms with Gasteiger partial charge in [-0.25, -0.2) is 0 Å². The van der Waals surface area contributed by atoms with E-state index in [-0.39, 0.29) is 6.10 Å². The van der Waals surface area contributed by atoms with E-state index in [2.05, 4.69) is 39.9 Å². The van der Waals surface area contributed by atoms with Crippen LogP contribution in [0.1, 0.15) is 45.3 Å². The largest absolute Gasteiger partial charge is 0.414 e. The van der Waals surface area contributed by atoms with Crippen LogP contribution in [0, 0.1) is 5.41 Å². The third-order valence-electron chi connectivity index (χ3n) is 2.94. The van der Waals surface area contributed by atoms with Crippen molar-refractivity contribution in [3.8, 4) is 0 Å². The van der Waals surface area contributed by atoms with Gasteiger partial charge in [0.1, 0.15) is 0 Å². The van der Waals surface area contributed by atoms with E-state index in [0.717, 1.165) is 24.1 Å². The van der Waals surface area contributed by atoms with Crippen LogP contribution >= 0.6 is 0 Å². The van der Waals surface area contributed by atoms with E-state index < -0.39 is 9.04 Å². The molecule has 0 aromatic heterocycles. The van der Waals surface area contributed by atoms with Crippen LogP contribution in [0.3, 0.4) is 0 Å². The summed E-state index contributed by atoms with van der Waals surface area (Å²) in [5.41, 5.74) is 8.42. The van der Waals surface area contributed by atoms with Crippen molar-refractivity contribution in [1.82, 2.24) is 0 Å². The first-order valence-electron chi connectivity index (χ1n) is 6.79. The second-order valence-electron chi connectivity index (χ2n) is 6.40. The lowest BCUT2D eigenvalue weighted by Gasteiger charge is -2.26. The number of hydrogen-bond acceptors (Lipinski definition) is 2. The molecule has 3 heteroatoms. The van der Waals surface area contributed by atoms with Gasteiger partial charge >= 0.3 is 0 Å². The third kappa shape index (κ3) is 5.23. The quantitative estimate of drug-likeness (QED) is 0.641. The fourth-order valence-electron chi connectivity index (χ4n) is 1.99. The van der Waals surface area contributed by atoms with Crippen LogP contribution < -0.4 is 5.73 Å². The molecule has 0 aliphatic heterocycles. The monoisotopic (exact) mass is 265 g/mol. The molecule has 0 bridgehead atoms. The average molecular weight is 265 g/mol. The van der Waals surface area contributed by atoms with Crippen molar-refractivity contribution < 1.29 is 4.43 Å². The lowest BCUT2D eigenvalue weighted by molar-refractivity contribution is 0.174. The van der Waals surface area contributed by atoms with Crippen molar-refractivity contribution in [3.05, 3.63) is 29.8 Å². The number of benzene rings is 1. The molecule has 1 atom stereocenters. The molecule has 0 fully saturated rings. The van der Waals surface area contributed by atoms with E-state index >= 15 is 0 Å². The summed E-state index contributed by atoms with van der Waals surface area (Å²) in [5.74, 6) is 0. The number of hydrogen-bond donors (Lipinski definition) is 1. The highest BCUT2D eigenvalue weighted by Gasteiger charge is 2.19. The molecule has 1 unspecified atom stereocenters. The number of nitrogens with two attached hydrogens (primary N) is 1. The van der Waals surface area contributed by atoms with Crippen LogP contribution in [0.15, 0.2) is 24.3 Å². The summed E-state index contributed by atoms with van der Waals surface area (Å²) in [6, 6.07) is 8.08. The van der Waals surface area contributed by atoms with Gasteiger partial charge < -0.3 is 10.2 Å². The predicted molar refractivity (Wildman–Crippen MR) is 82.2 cm³/mol. The Hall–Kier alpha value is -0.803. The summed E-state index contributed by atoms with van der Waals surface area (Å²) < 4.78 is 6.17. The number of rotatable bonds is 5. The molecule has 1 aromatic carbocycles. The highest BCUT2D eigenvalue weighted by atomic mass is 28.3. The van der Waals surface area contributed by atoms with Crippen molar-refractivity contribution in [2.45, 2.75) is 52.8 Å². The maximum Gasteiger partial charge on any atom is 0.171 e. The molecular weight excluding hydrogens is 238 g/mol. The molecule has 0 amide bonds. The van der Waals surface area contributed by atoms with E-state index in [1.165, 1.54) is 0 Å². The van der Waals surface area contributed by atoms with Gasteiger partial charge in [-0.2, -0.15) is 0 Å². The van der Waals surface area contributed by atoms with Gasteiger partial charge in [-0.3, -0.25) is 0 Å². The van der Waals surface area contributed by atoms with Crippen molar-refractivity contribution in [2.75, 3.05) is 5.73 Å². The normalized spacial score (nSPS) is 13.9. The van der Waals surface area contributed by atoms with Crippen molar-refractivity contribution >= 4 is 14.7 Å². The molecule has 0 aliphatic rings. The smallest absolute Gasteiger partial charge is 0.171 e. The SMILES string of the molecule is C[SiH](C)OC(CCC(C)(C)C)c1ccccc1N. The van der Waals surface area contributed by atoms with Gasteiger partial charge in [-0.15, -0.1) is 0 Å². The Kier molecular flexibility index (Phi) is 5.41. The first kappa shape index (κ1) is 15.3. The summed E-state index contributed by atoms with van der Waals surface area (Å²) in [6.45, 7) is 11.2. The topological polar surface area (TPSA) is 35.2 Å². The zero-order chi connectivity index (χ0) is 13.8. The molecule has 2 nitrogen and oxygen atoms in total. The zero-order valence-corrected chi connectivity index (χ0v) is 13.5. The Morgan fingerprint density at radius 3 is 2.33 bits per heavy atom. The fourth-order valence-corrected chi connectivity index (χ4v) is 2.93. The molecule has 0 heterocycles. The van der Waals surface area contributed by atoms with E-state index in [0.29, 0.717) is 5.41 Å². The first-order valence-corrected chi connectivity index (χ1v) is 9.57. The second-order valence-corrected chi connectivity index (χ2v) is 8.77. The highest BCUT2D eigenvalue weighted by molar-refractivity contribution is 6.48. The maximum atomic E-state index is 6.17. The van der Waals surface area contributed by atoms with Gasteiger partial charge in [0, 0.05) is 11.3 Å². The van der Waals surface area contributed by atoms with Crippen molar-refractivity contribution in [2.24, 2.45) is 5.41 Å². The Labute approximate surface area is 113 Å². The summed E-state index contributed by atoms with van der Waals surface area (Å²) in [4.78, 5) is 0. The molecule has 0 saturated carbocycles. The Bertz CT molecular complexity index is 371. The standard InChI is InChI=1S/C15H27NOSi/c1-15(2,3)11-10-14(17-18(4)5)12-8-6-7-9-13(12)16/h6-9,14,18H,10-11,16H2,1-5H3. The van der Waals surface area contributed by atoms with E-state index in [1.54, 1.807) is 0 Å². The molecule has 2 N–H and O–H groups in total. The molecule has 0 saturated heterocycles. The lowest BCUT2D eigenvalue weighted by atomic mass is 9.88. The molecular formula is C15H27NOSi. The summed E-state index contributed by atoms with van der Waals surface area (Å²) in [7, 11) is -1.06. The molecule has 1 rings (SSSR count). The molecule has 18 heavy (non-hydrogen) atoms. The van der Waals surface area contributed by atoms with E-state index in [9.17, 15) is 0 Å². The van der Waals surface area contributed by atoms with Crippen LogP contribution in [0.5, 0.6) is 0 Å². The molecule has 1 aromatic rings. The van der Waals surface area contributed by atoms with Crippen LogP contribution in [0.4, 0.5) is 5.69 Å². The third-order valence-corrected chi connectivity index (χ3v) is 3.81. The molecule has 0 spiro atoms. The highest BCUT2D eigenvalue weighted by Crippen LogP contribution is 2.32. The number of nitrogen functional groups attached to an aromatic ring is 1. The average Bonchev–Trinajstić information content (AvgIpc) is 2.23. The van der Waals surface area contributed by atoms with Crippen molar-refractivity contribution in [3.63, 3.8) is 0 Å². The zero-order valence-electron chi connectivity index (χ0n) is 12.4. The first-order chi connectivity index (χ1) is 8.29. The fraction of sp³-hybridized carbons (Fsp3) is 0.600. The van der Waals surface area contributed by atoms with Gasteiger partial charge in [0.05, 0.1) is 6.10 Å². The maximum absolute atomic E-state index is 6.17. The van der Waals surface area contributed by atoms with E-state index in [4.69, 9.17) is 10.2 Å². The van der Waals surface area contributed by atoms with Gasteiger partial charge in [0.25, 0.3) is 0 Å². The van der Waals surface area contributed by atoms with Gasteiger partial charge in [-0.05, 0) is 37.4 Å². The Balaban J connectivity index is 2.82. The molecule has 102 valence electrons. The van der Waals surface area contributed by atoms with Crippen LogP contribution in [0.25, 0.3) is 0 Å². The predicted octanol–water partition coefficient (Wildman–Crippen LogP) is 4.14. The van der Waals surface area contributed by atoms with Crippen molar-refractivity contribution in [1.29, 1.82) is 0 Å². The van der Waals surface area contributed by atoms with Crippen LogP contribution in [0.2, 0.25) is 13.1 Å². The molecule has 0 radical (unpaired) electrons. The summed E-state index contributed by atoms with van der Waals surface area (Å²) in [6.07, 6.45) is 2.35. The Morgan fingerprint density at radius 2 is 1.83 bits per heavy atom. The van der Waals surface area contributed by atoms with Gasteiger partial charge in [0.15, 0.2) is 9.04 Å². The van der Waals surface area contributed by atoms with Crippen LogP contribution in [-0.2, 0) is 4.43 Å². The number of anilines is 1. The Morgan fingerprint density at radius 1 is 1.22 bits per heavy atom. The minimum Gasteiger partial charge on any atom is -0.414 e. The van der Waals surface area contributed by atoms with E-state index in [1.807, 2.05) is 18.2 Å². The lowest BCUT2D eigenvalue weighted by Crippen LogP contribution is -2.17. The summed E-state index contributed by atoms with van der Waals surface area (Å²) >= 11 is 0. The van der Waals surface area contributed by atoms with Crippen LogP contribution in [-0.4, -0.2) is 9.04 Å². The minimum absolute atomic E-state index is 0.164. The minimum atomic E-state index is -1.06. The summed E-state index contributed by atoms with van der Waals surface area (Å²) in [5, 5.41) is 0. The van der Waals surface area contributed by atoms with Gasteiger partial charge in [-0.1, -0.05) is 39.0 Å². The number of para-hydroxylation sites is 1. The molecule has 0 aliphatic carbocycles. The van der Waals surface area contributed by atoms with Gasteiger partial charge in [0.2, 0.25) is 0 Å².